The maximum Gasteiger partial charge on any atom is 0.417 e. The van der Waals surface area contributed by atoms with Crippen LogP contribution in [0.2, 0.25) is 0 Å². The van der Waals surface area contributed by atoms with E-state index in [4.69, 9.17) is 4.74 Å². The predicted molar refractivity (Wildman–Crippen MR) is 107 cm³/mol. The molecule has 0 bridgehead atoms. The fraction of sp³-hybridized carbons (Fsp3) is 0.286. The first-order chi connectivity index (χ1) is 14.1. The third kappa shape index (κ3) is 4.14. The highest BCUT2D eigenvalue weighted by Gasteiger charge is 2.36. The van der Waals surface area contributed by atoms with Gasteiger partial charge in [-0.05, 0) is 26.0 Å². The van der Waals surface area contributed by atoms with Crippen molar-refractivity contribution >= 4 is 22.6 Å². The smallest absolute Gasteiger partial charge is 0.417 e. The molecule has 2 aromatic heterocycles. The summed E-state index contributed by atoms with van der Waals surface area (Å²) in [5.74, 6) is -0.733. The third-order valence-electron chi connectivity index (χ3n) is 4.54. The number of aryl methyl sites for hydroxylation is 2. The van der Waals surface area contributed by atoms with Crippen molar-refractivity contribution in [2.45, 2.75) is 26.1 Å². The molecule has 0 aliphatic rings. The minimum absolute atomic E-state index is 0.0305. The Morgan fingerprint density at radius 1 is 1.33 bits per heavy atom. The summed E-state index contributed by atoms with van der Waals surface area (Å²) in [5.41, 5.74) is -0.0366. The molecule has 0 unspecified atom stereocenters. The van der Waals surface area contributed by atoms with Gasteiger partial charge in [0, 0.05) is 25.3 Å². The fourth-order valence-electron chi connectivity index (χ4n) is 3.22. The van der Waals surface area contributed by atoms with Crippen LogP contribution in [0.4, 0.5) is 18.9 Å². The number of ether oxygens (including phenoxy) is 1. The van der Waals surface area contributed by atoms with Crippen LogP contribution in [0.3, 0.4) is 0 Å². The van der Waals surface area contributed by atoms with E-state index in [1.54, 1.807) is 30.3 Å². The number of alkyl halides is 3. The Labute approximate surface area is 171 Å². The van der Waals surface area contributed by atoms with E-state index in [0.717, 1.165) is 6.07 Å². The van der Waals surface area contributed by atoms with Crippen LogP contribution in [0, 0.1) is 6.92 Å². The maximum absolute atomic E-state index is 13.6. The lowest BCUT2D eigenvalue weighted by Crippen LogP contribution is -2.41. The summed E-state index contributed by atoms with van der Waals surface area (Å²) in [4.78, 5) is 18.5. The number of rotatable bonds is 6. The largest absolute Gasteiger partial charge is 0.464 e. The zero-order chi connectivity index (χ0) is 22.1. The van der Waals surface area contributed by atoms with E-state index in [1.807, 2.05) is 6.07 Å². The van der Waals surface area contributed by atoms with Gasteiger partial charge in [-0.25, -0.2) is 0 Å². The van der Waals surface area contributed by atoms with Gasteiger partial charge in [-0.3, -0.25) is 9.48 Å². The molecule has 0 radical (unpaired) electrons. The van der Waals surface area contributed by atoms with Crippen LogP contribution >= 0.6 is 0 Å². The Morgan fingerprint density at radius 3 is 2.60 bits per heavy atom. The second kappa shape index (κ2) is 8.17. The van der Waals surface area contributed by atoms with Gasteiger partial charge >= 0.3 is 6.18 Å². The normalized spacial score (nSPS) is 12.6. The minimum Gasteiger partial charge on any atom is -0.464 e. The molecule has 0 N–H and O–H groups in total. The Hall–Kier alpha value is -3.36. The quantitative estimate of drug-likeness (QED) is 0.561. The molecule has 0 aliphatic heterocycles. The first kappa shape index (κ1) is 21.4. The Balaban J connectivity index is 1.96. The van der Waals surface area contributed by atoms with E-state index in [1.165, 1.54) is 30.5 Å². The standard InChI is InChI=1S/C21H21F3N4O2/c1-5-11-28(15-9-7-6-8-10-15)20(29)14(3)30-17-12-16(21(22,23)24)18-13(2)26-27(4)19(18)25-17/h5-10,12,14H,1,11H2,2-4H3/t14-/m0/s1. The Bertz CT molecular complexity index is 1080. The molecule has 1 atom stereocenters. The number of amides is 1. The van der Waals surface area contributed by atoms with E-state index in [0.29, 0.717) is 5.69 Å². The lowest BCUT2D eigenvalue weighted by Gasteiger charge is -2.25. The van der Waals surface area contributed by atoms with Crippen molar-refractivity contribution in [3.63, 3.8) is 0 Å². The molecular formula is C21H21F3N4O2. The van der Waals surface area contributed by atoms with E-state index in [-0.39, 0.29) is 29.2 Å². The average molecular weight is 418 g/mol. The summed E-state index contributed by atoms with van der Waals surface area (Å²) in [6.07, 6.45) is -4.15. The van der Waals surface area contributed by atoms with Gasteiger partial charge in [0.2, 0.25) is 5.88 Å². The number of hydrogen-bond acceptors (Lipinski definition) is 4. The molecule has 9 heteroatoms. The van der Waals surface area contributed by atoms with E-state index >= 15 is 0 Å². The van der Waals surface area contributed by atoms with Crippen LogP contribution in [-0.4, -0.2) is 33.3 Å². The van der Waals surface area contributed by atoms with Gasteiger partial charge in [-0.1, -0.05) is 24.3 Å². The number of benzene rings is 1. The molecule has 1 aromatic carbocycles. The summed E-state index contributed by atoms with van der Waals surface area (Å²) >= 11 is 0. The number of hydrogen-bond donors (Lipinski definition) is 0. The van der Waals surface area contributed by atoms with Crippen LogP contribution < -0.4 is 9.64 Å². The summed E-state index contributed by atoms with van der Waals surface area (Å²) in [6, 6.07) is 9.67. The summed E-state index contributed by atoms with van der Waals surface area (Å²) in [6.45, 7) is 6.83. The summed E-state index contributed by atoms with van der Waals surface area (Å²) in [5, 5.41) is 3.94. The zero-order valence-corrected chi connectivity index (χ0v) is 16.8. The van der Waals surface area contributed by atoms with Crippen LogP contribution in [-0.2, 0) is 18.0 Å². The summed E-state index contributed by atoms with van der Waals surface area (Å²) < 4.78 is 47.7. The number of nitrogens with zero attached hydrogens (tertiary/aromatic N) is 4. The number of para-hydroxylation sites is 1. The molecule has 3 rings (SSSR count). The highest BCUT2D eigenvalue weighted by molar-refractivity contribution is 5.96. The highest BCUT2D eigenvalue weighted by Crippen LogP contribution is 2.37. The van der Waals surface area contributed by atoms with Gasteiger partial charge in [-0.15, -0.1) is 6.58 Å². The molecule has 158 valence electrons. The number of pyridine rings is 1. The van der Waals surface area contributed by atoms with E-state index in [2.05, 4.69) is 16.7 Å². The van der Waals surface area contributed by atoms with Crippen LogP contribution in [0.25, 0.3) is 11.0 Å². The third-order valence-corrected chi connectivity index (χ3v) is 4.54. The van der Waals surface area contributed by atoms with Crippen molar-refractivity contribution in [1.29, 1.82) is 0 Å². The molecule has 0 saturated heterocycles. The number of aromatic nitrogens is 3. The first-order valence-corrected chi connectivity index (χ1v) is 9.19. The lowest BCUT2D eigenvalue weighted by atomic mass is 10.1. The van der Waals surface area contributed by atoms with Gasteiger partial charge in [0.1, 0.15) is 0 Å². The first-order valence-electron chi connectivity index (χ1n) is 9.19. The molecule has 0 saturated carbocycles. The molecule has 1 amide bonds. The number of fused-ring (bicyclic) bond motifs is 1. The molecular weight excluding hydrogens is 397 g/mol. The summed E-state index contributed by atoms with van der Waals surface area (Å²) in [7, 11) is 1.50. The molecule has 3 aromatic rings. The van der Waals surface area contributed by atoms with Crippen LogP contribution in [0.1, 0.15) is 18.2 Å². The number of carbonyl (C=O) groups is 1. The molecule has 2 heterocycles. The van der Waals surface area contributed by atoms with Crippen molar-refractivity contribution in [3.05, 3.63) is 60.3 Å². The molecule has 0 aliphatic carbocycles. The van der Waals surface area contributed by atoms with Gasteiger partial charge in [-0.2, -0.15) is 23.3 Å². The Morgan fingerprint density at radius 2 is 2.00 bits per heavy atom. The van der Waals surface area contributed by atoms with Crippen molar-refractivity contribution in [2.24, 2.45) is 7.05 Å². The van der Waals surface area contributed by atoms with E-state index < -0.39 is 23.8 Å². The van der Waals surface area contributed by atoms with Crippen LogP contribution in [0.15, 0.2) is 49.1 Å². The SMILES string of the molecule is C=CCN(C(=O)[C@H](C)Oc1cc(C(F)(F)F)c2c(C)nn(C)c2n1)c1ccccc1. The topological polar surface area (TPSA) is 60.3 Å². The number of carbonyl (C=O) groups excluding carboxylic acids is 1. The van der Waals surface area contributed by atoms with Gasteiger partial charge in [0.25, 0.3) is 5.91 Å². The fourth-order valence-corrected chi connectivity index (χ4v) is 3.22. The van der Waals surface area contributed by atoms with Gasteiger partial charge in [0.05, 0.1) is 16.6 Å². The van der Waals surface area contributed by atoms with E-state index in [9.17, 15) is 18.0 Å². The van der Waals surface area contributed by atoms with Gasteiger partial charge < -0.3 is 9.64 Å². The number of halogens is 3. The van der Waals surface area contributed by atoms with Crippen LogP contribution in [0.5, 0.6) is 5.88 Å². The second-order valence-corrected chi connectivity index (χ2v) is 6.75. The highest BCUT2D eigenvalue weighted by atomic mass is 19.4. The van der Waals surface area contributed by atoms with Gasteiger partial charge in [0.15, 0.2) is 11.8 Å². The van der Waals surface area contributed by atoms with Crippen molar-refractivity contribution in [2.75, 3.05) is 11.4 Å². The Kier molecular flexibility index (Phi) is 5.82. The predicted octanol–water partition coefficient (Wildman–Crippen LogP) is 4.28. The molecule has 30 heavy (non-hydrogen) atoms. The lowest BCUT2D eigenvalue weighted by molar-refractivity contribution is -0.136. The molecule has 6 nitrogen and oxygen atoms in total. The second-order valence-electron chi connectivity index (χ2n) is 6.75. The average Bonchev–Trinajstić information content (AvgIpc) is 2.98. The minimum atomic E-state index is -4.63. The van der Waals surface area contributed by atoms with Crippen molar-refractivity contribution < 1.29 is 22.7 Å². The monoisotopic (exact) mass is 418 g/mol. The molecule has 0 fully saturated rings. The van der Waals surface area contributed by atoms with Crippen molar-refractivity contribution in [3.8, 4) is 5.88 Å². The maximum atomic E-state index is 13.6. The molecule has 0 spiro atoms. The van der Waals surface area contributed by atoms with Crippen molar-refractivity contribution in [1.82, 2.24) is 14.8 Å². The number of anilines is 1. The zero-order valence-electron chi connectivity index (χ0n) is 16.8.